The molecule has 0 radical (unpaired) electrons. The molecule has 0 aliphatic carbocycles. The Kier molecular flexibility index (Phi) is 3.74. The zero-order valence-electron chi connectivity index (χ0n) is 9.95. The van der Waals surface area contributed by atoms with Gasteiger partial charge in [0.1, 0.15) is 10.8 Å². The Morgan fingerprint density at radius 1 is 1.10 bits per heavy atom. The lowest BCUT2D eigenvalue weighted by molar-refractivity contribution is 0.632. The first-order valence-electron chi connectivity index (χ1n) is 5.65. The average molecular weight is 328 g/mol. The molecule has 20 heavy (non-hydrogen) atoms. The van der Waals surface area contributed by atoms with Crippen LogP contribution >= 0.6 is 35.1 Å². The second kappa shape index (κ2) is 5.52. The summed E-state index contributed by atoms with van der Waals surface area (Å²) in [6, 6.07) is 9.89. The summed E-state index contributed by atoms with van der Waals surface area (Å²) in [5.74, 6) is -0.409. The van der Waals surface area contributed by atoms with Crippen LogP contribution in [0.3, 0.4) is 0 Å². The van der Waals surface area contributed by atoms with Crippen LogP contribution in [0, 0.1) is 5.82 Å². The molecule has 0 unspecified atom stereocenters. The first kappa shape index (κ1) is 13.5. The lowest BCUT2D eigenvalue weighted by atomic mass is 10.3. The Labute approximate surface area is 128 Å². The zero-order valence-corrected chi connectivity index (χ0v) is 12.3. The maximum Gasteiger partial charge on any atom is 0.148 e. The van der Waals surface area contributed by atoms with Gasteiger partial charge in [-0.15, -0.1) is 0 Å². The number of hydrogen-bond acceptors (Lipinski definition) is 3. The van der Waals surface area contributed by atoms with Crippen LogP contribution in [0.1, 0.15) is 0 Å². The van der Waals surface area contributed by atoms with Crippen molar-refractivity contribution in [3.05, 3.63) is 52.3 Å². The van der Waals surface area contributed by atoms with Crippen LogP contribution in [0.2, 0.25) is 10.0 Å². The molecule has 7 heteroatoms. The number of hydrogen-bond donors (Lipinski definition) is 2. The van der Waals surface area contributed by atoms with E-state index in [-0.39, 0.29) is 0 Å². The molecule has 3 nitrogen and oxygen atoms in total. The first-order chi connectivity index (χ1) is 9.63. The van der Waals surface area contributed by atoms with Crippen molar-refractivity contribution < 1.29 is 4.39 Å². The number of nitrogens with zero attached hydrogens (tertiary/aromatic N) is 1. The number of nitrogens with one attached hydrogen (secondary N) is 2. The predicted molar refractivity (Wildman–Crippen MR) is 82.0 cm³/mol. The molecule has 102 valence electrons. The molecule has 1 aromatic heterocycles. The second-order valence-electron chi connectivity index (χ2n) is 4.05. The Morgan fingerprint density at radius 2 is 1.85 bits per heavy atom. The van der Waals surface area contributed by atoms with Gasteiger partial charge >= 0.3 is 0 Å². The SMILES string of the molecule is Fc1cc(Cl)ccc1NSc1n[nH]c2cc(Cl)ccc12. The predicted octanol–water partition coefficient (Wildman–Crippen LogP) is 5.13. The average Bonchev–Trinajstić information content (AvgIpc) is 2.80. The number of halogens is 3. The van der Waals surface area contributed by atoms with Crippen LogP contribution in [0.4, 0.5) is 10.1 Å². The van der Waals surface area contributed by atoms with E-state index in [0.717, 1.165) is 10.9 Å². The van der Waals surface area contributed by atoms with Gasteiger partial charge in [-0.3, -0.25) is 5.10 Å². The molecule has 0 amide bonds. The molecule has 1 heterocycles. The molecular weight excluding hydrogens is 320 g/mol. The highest BCUT2D eigenvalue weighted by molar-refractivity contribution is 8.00. The minimum absolute atomic E-state index is 0.351. The molecule has 2 N–H and O–H groups in total. The Morgan fingerprint density at radius 3 is 2.65 bits per heavy atom. The van der Waals surface area contributed by atoms with Gasteiger partial charge in [-0.05, 0) is 36.4 Å². The van der Waals surface area contributed by atoms with E-state index in [1.54, 1.807) is 24.3 Å². The van der Waals surface area contributed by atoms with E-state index in [0.29, 0.717) is 20.8 Å². The molecule has 0 saturated carbocycles. The minimum atomic E-state index is -0.409. The van der Waals surface area contributed by atoms with Gasteiger partial charge in [-0.25, -0.2) is 4.39 Å². The standard InChI is InChI=1S/C13H8Cl2FN3S/c14-7-2-4-11(10(16)5-7)19-20-13-9-3-1-8(15)6-12(9)17-18-13/h1-6,19H,(H,17,18). The molecule has 2 aromatic carbocycles. The lowest BCUT2D eigenvalue weighted by Gasteiger charge is -2.05. The maximum atomic E-state index is 13.6. The number of fused-ring (bicyclic) bond motifs is 1. The summed E-state index contributed by atoms with van der Waals surface area (Å²) in [7, 11) is 0. The smallest absolute Gasteiger partial charge is 0.148 e. The molecule has 0 aliphatic heterocycles. The molecule has 3 aromatic rings. The number of aromatic nitrogens is 2. The van der Waals surface area contributed by atoms with Crippen molar-refractivity contribution >= 4 is 51.7 Å². The van der Waals surface area contributed by atoms with Crippen LogP contribution in [-0.4, -0.2) is 10.2 Å². The summed E-state index contributed by atoms with van der Waals surface area (Å²) in [5.41, 5.74) is 1.18. The molecule has 0 atom stereocenters. The van der Waals surface area contributed by atoms with Gasteiger partial charge in [-0.2, -0.15) is 5.10 Å². The second-order valence-corrected chi connectivity index (χ2v) is 5.71. The first-order valence-corrected chi connectivity index (χ1v) is 7.22. The van der Waals surface area contributed by atoms with Gasteiger partial charge in [0.25, 0.3) is 0 Å². The van der Waals surface area contributed by atoms with Gasteiger partial charge < -0.3 is 4.72 Å². The van der Waals surface area contributed by atoms with E-state index in [4.69, 9.17) is 23.2 Å². The summed E-state index contributed by atoms with van der Waals surface area (Å²) in [5, 5.41) is 9.67. The number of benzene rings is 2. The Bertz CT molecular complexity index is 775. The number of H-pyrrole nitrogens is 1. The number of anilines is 1. The van der Waals surface area contributed by atoms with Crippen molar-refractivity contribution in [1.82, 2.24) is 10.2 Å². The molecule has 3 rings (SSSR count). The molecule has 0 bridgehead atoms. The highest BCUT2D eigenvalue weighted by atomic mass is 35.5. The fraction of sp³-hybridized carbons (Fsp3) is 0. The third-order valence-electron chi connectivity index (χ3n) is 2.68. The van der Waals surface area contributed by atoms with Crippen molar-refractivity contribution in [2.45, 2.75) is 5.03 Å². The number of rotatable bonds is 3. The normalized spacial score (nSPS) is 10.9. The highest BCUT2D eigenvalue weighted by Gasteiger charge is 2.08. The zero-order chi connectivity index (χ0) is 14.1. The molecule has 0 spiro atoms. The summed E-state index contributed by atoms with van der Waals surface area (Å²) in [6.07, 6.45) is 0. The number of aromatic amines is 1. The lowest BCUT2D eigenvalue weighted by Crippen LogP contribution is -1.91. The fourth-order valence-corrected chi connectivity index (χ4v) is 2.80. The summed E-state index contributed by atoms with van der Waals surface area (Å²) >= 11 is 12.8. The summed E-state index contributed by atoms with van der Waals surface area (Å²) in [4.78, 5) is 0. The van der Waals surface area contributed by atoms with Crippen LogP contribution in [0.25, 0.3) is 10.9 Å². The fourth-order valence-electron chi connectivity index (χ4n) is 1.72. The Balaban J connectivity index is 1.83. The van der Waals surface area contributed by atoms with Gasteiger partial charge in [0.15, 0.2) is 0 Å². The van der Waals surface area contributed by atoms with E-state index < -0.39 is 5.82 Å². The molecule has 0 aliphatic rings. The van der Waals surface area contributed by atoms with Crippen LogP contribution in [0.5, 0.6) is 0 Å². The van der Waals surface area contributed by atoms with Gasteiger partial charge in [-0.1, -0.05) is 23.2 Å². The van der Waals surface area contributed by atoms with E-state index in [1.165, 1.54) is 18.0 Å². The quantitative estimate of drug-likeness (QED) is 0.655. The molecule has 0 fully saturated rings. The maximum absolute atomic E-state index is 13.6. The van der Waals surface area contributed by atoms with Crippen LogP contribution in [-0.2, 0) is 0 Å². The highest BCUT2D eigenvalue weighted by Crippen LogP contribution is 2.29. The van der Waals surface area contributed by atoms with E-state index in [1.807, 2.05) is 6.07 Å². The van der Waals surface area contributed by atoms with Crippen LogP contribution in [0.15, 0.2) is 41.4 Å². The van der Waals surface area contributed by atoms with Crippen molar-refractivity contribution in [3.63, 3.8) is 0 Å². The van der Waals surface area contributed by atoms with Crippen LogP contribution < -0.4 is 4.72 Å². The largest absolute Gasteiger partial charge is 0.322 e. The van der Waals surface area contributed by atoms with Crippen molar-refractivity contribution in [3.8, 4) is 0 Å². The van der Waals surface area contributed by atoms with Gasteiger partial charge in [0.05, 0.1) is 11.2 Å². The molecular formula is C13H8Cl2FN3S. The van der Waals surface area contributed by atoms with Crippen molar-refractivity contribution in [2.24, 2.45) is 0 Å². The van der Waals surface area contributed by atoms with E-state index in [9.17, 15) is 4.39 Å². The summed E-state index contributed by atoms with van der Waals surface area (Å²) < 4.78 is 16.6. The summed E-state index contributed by atoms with van der Waals surface area (Å²) in [6.45, 7) is 0. The topological polar surface area (TPSA) is 40.7 Å². The van der Waals surface area contributed by atoms with Crippen molar-refractivity contribution in [2.75, 3.05) is 4.72 Å². The van der Waals surface area contributed by atoms with Crippen molar-refractivity contribution in [1.29, 1.82) is 0 Å². The molecule has 0 saturated heterocycles. The Hall–Kier alpha value is -1.43. The third kappa shape index (κ3) is 2.70. The van der Waals surface area contributed by atoms with E-state index >= 15 is 0 Å². The van der Waals surface area contributed by atoms with Gasteiger partial charge in [0.2, 0.25) is 0 Å². The monoisotopic (exact) mass is 327 g/mol. The third-order valence-corrected chi connectivity index (χ3v) is 3.98. The minimum Gasteiger partial charge on any atom is -0.322 e. The van der Waals surface area contributed by atoms with Gasteiger partial charge in [0, 0.05) is 27.4 Å². The van der Waals surface area contributed by atoms with E-state index in [2.05, 4.69) is 14.9 Å².